The van der Waals surface area contributed by atoms with Gasteiger partial charge in [-0.05, 0) is 74.8 Å². The van der Waals surface area contributed by atoms with Gasteiger partial charge >= 0.3 is 0 Å². The van der Waals surface area contributed by atoms with Crippen LogP contribution in [0.5, 0.6) is 0 Å². The molecule has 2 fully saturated rings. The second kappa shape index (κ2) is 8.39. The van der Waals surface area contributed by atoms with Gasteiger partial charge in [-0.15, -0.1) is 0 Å². The number of nitrogens with one attached hydrogen (secondary N) is 2. The summed E-state index contributed by atoms with van der Waals surface area (Å²) in [5.74, 6) is -0.0944. The van der Waals surface area contributed by atoms with Crippen LogP contribution < -0.4 is 10.6 Å². The third kappa shape index (κ3) is 3.88. The number of nitrogens with zero attached hydrogens (tertiary/aromatic N) is 3. The lowest BCUT2D eigenvalue weighted by molar-refractivity contribution is -0.116. The van der Waals surface area contributed by atoms with Crippen LogP contribution in [0.2, 0.25) is 0 Å². The lowest BCUT2D eigenvalue weighted by Gasteiger charge is -2.27. The molecule has 1 saturated carbocycles. The molecule has 5 rings (SSSR count). The molecule has 6 nitrogen and oxygen atoms in total. The summed E-state index contributed by atoms with van der Waals surface area (Å²) in [6.07, 6.45) is 4.25. The van der Waals surface area contributed by atoms with Gasteiger partial charge in [0, 0.05) is 29.3 Å². The second-order valence-electron chi connectivity index (χ2n) is 8.60. The summed E-state index contributed by atoms with van der Waals surface area (Å²) in [7, 11) is 0. The molecule has 3 heterocycles. The van der Waals surface area contributed by atoms with E-state index in [-0.39, 0.29) is 24.5 Å². The Morgan fingerprint density at radius 3 is 2.59 bits per heavy atom. The third-order valence-electron chi connectivity index (χ3n) is 6.32. The summed E-state index contributed by atoms with van der Waals surface area (Å²) in [6.45, 7) is 4.51. The molecule has 3 aromatic rings. The molecule has 1 saturated heterocycles. The Balaban J connectivity index is 1.49. The number of hydrogen-bond donors (Lipinski definition) is 2. The fourth-order valence-electron chi connectivity index (χ4n) is 4.79. The second-order valence-corrected chi connectivity index (χ2v) is 8.98. The smallest absolute Gasteiger partial charge is 0.244 e. The number of anilines is 1. The molecule has 2 aliphatic rings. The first kappa shape index (κ1) is 20.7. The van der Waals surface area contributed by atoms with E-state index in [9.17, 15) is 4.79 Å². The van der Waals surface area contributed by atoms with Crippen molar-refractivity contribution in [2.75, 3.05) is 11.9 Å². The van der Waals surface area contributed by atoms with Crippen molar-refractivity contribution in [1.29, 1.82) is 0 Å². The van der Waals surface area contributed by atoms with Gasteiger partial charge in [-0.1, -0.05) is 24.3 Å². The van der Waals surface area contributed by atoms with Crippen molar-refractivity contribution in [2.45, 2.75) is 44.8 Å². The lowest BCUT2D eigenvalue weighted by Crippen LogP contribution is -2.37. The van der Waals surface area contributed by atoms with Crippen LogP contribution in [0, 0.1) is 13.8 Å². The number of aromatic nitrogens is 2. The highest BCUT2D eigenvalue weighted by atomic mass is 32.1. The number of amides is 1. The maximum absolute atomic E-state index is 12.9. The molecule has 0 spiro atoms. The van der Waals surface area contributed by atoms with Gasteiger partial charge in [0.15, 0.2) is 5.11 Å². The molecular weight excluding hydrogens is 418 g/mol. The minimum Gasteiger partial charge on any atom is -0.352 e. The van der Waals surface area contributed by atoms with Crippen LogP contribution in [0.25, 0.3) is 0 Å². The summed E-state index contributed by atoms with van der Waals surface area (Å²) in [5, 5.41) is 7.01. The van der Waals surface area contributed by atoms with Gasteiger partial charge in [0.25, 0.3) is 0 Å². The molecule has 0 radical (unpaired) electrons. The van der Waals surface area contributed by atoms with Gasteiger partial charge in [0.2, 0.25) is 5.91 Å². The topological polar surface area (TPSA) is 62.2 Å². The Labute approximate surface area is 193 Å². The van der Waals surface area contributed by atoms with Crippen molar-refractivity contribution in [2.24, 2.45) is 0 Å². The van der Waals surface area contributed by atoms with E-state index in [0.29, 0.717) is 11.2 Å². The van der Waals surface area contributed by atoms with Gasteiger partial charge in [-0.3, -0.25) is 9.78 Å². The highest BCUT2D eigenvalue weighted by Gasteiger charge is 2.42. The van der Waals surface area contributed by atoms with E-state index in [1.165, 1.54) is 29.8 Å². The first-order valence-electron chi connectivity index (χ1n) is 11.0. The predicted molar refractivity (Wildman–Crippen MR) is 129 cm³/mol. The number of aryl methyl sites for hydroxylation is 1. The minimum absolute atomic E-state index is 0.0944. The number of benzene rings is 1. The zero-order valence-electron chi connectivity index (χ0n) is 18.3. The first-order chi connectivity index (χ1) is 15.5. The van der Waals surface area contributed by atoms with Crippen LogP contribution in [-0.2, 0) is 4.79 Å². The van der Waals surface area contributed by atoms with E-state index in [1.807, 2.05) is 53.4 Å². The molecule has 1 amide bonds. The molecule has 164 valence electrons. The fourth-order valence-corrected chi connectivity index (χ4v) is 5.09. The Bertz CT molecular complexity index is 1140. The van der Waals surface area contributed by atoms with E-state index in [0.717, 1.165) is 11.4 Å². The molecule has 0 unspecified atom stereocenters. The average Bonchev–Trinajstić information content (AvgIpc) is 3.51. The van der Waals surface area contributed by atoms with Crippen molar-refractivity contribution in [3.8, 4) is 0 Å². The molecule has 1 aliphatic carbocycles. The van der Waals surface area contributed by atoms with Crippen molar-refractivity contribution in [1.82, 2.24) is 19.8 Å². The molecule has 32 heavy (non-hydrogen) atoms. The van der Waals surface area contributed by atoms with Crippen molar-refractivity contribution >= 4 is 28.9 Å². The molecule has 2 aromatic heterocycles. The predicted octanol–water partition coefficient (Wildman–Crippen LogP) is 4.45. The molecule has 1 aliphatic heterocycles. The maximum Gasteiger partial charge on any atom is 0.244 e. The summed E-state index contributed by atoms with van der Waals surface area (Å²) >= 11 is 5.72. The molecule has 7 heteroatoms. The Morgan fingerprint density at radius 1 is 1.16 bits per heavy atom. The Kier molecular flexibility index (Phi) is 5.43. The van der Waals surface area contributed by atoms with Gasteiger partial charge in [0.05, 0.1) is 17.8 Å². The summed E-state index contributed by atoms with van der Waals surface area (Å²) < 4.78 is 2.44. The van der Waals surface area contributed by atoms with Crippen LogP contribution >= 0.6 is 12.2 Å². The number of pyridine rings is 1. The number of rotatable bonds is 6. The van der Waals surface area contributed by atoms with E-state index < -0.39 is 0 Å². The molecule has 1 aromatic carbocycles. The lowest BCUT2D eigenvalue weighted by atomic mass is 9.96. The third-order valence-corrected chi connectivity index (χ3v) is 6.68. The zero-order valence-corrected chi connectivity index (χ0v) is 19.1. The van der Waals surface area contributed by atoms with Crippen molar-refractivity contribution in [3.63, 3.8) is 0 Å². The highest BCUT2D eigenvalue weighted by Crippen LogP contribution is 2.44. The van der Waals surface area contributed by atoms with E-state index in [4.69, 9.17) is 12.2 Å². The van der Waals surface area contributed by atoms with Gasteiger partial charge in [-0.2, -0.15) is 0 Å². The van der Waals surface area contributed by atoms with Gasteiger partial charge in [-0.25, -0.2) is 0 Å². The molecular formula is C25H27N5OS. The summed E-state index contributed by atoms with van der Waals surface area (Å²) in [5.41, 5.74) is 5.40. The van der Waals surface area contributed by atoms with Crippen LogP contribution in [-0.4, -0.2) is 32.0 Å². The van der Waals surface area contributed by atoms with E-state index in [2.05, 4.69) is 40.1 Å². The number of carbonyl (C=O) groups is 1. The molecule has 0 bridgehead atoms. The fraction of sp³-hybridized carbons (Fsp3) is 0.320. The van der Waals surface area contributed by atoms with Crippen LogP contribution in [0.4, 0.5) is 5.69 Å². The quantitative estimate of drug-likeness (QED) is 0.549. The van der Waals surface area contributed by atoms with Crippen molar-refractivity contribution in [3.05, 3.63) is 83.4 Å². The number of hydrogen-bond acceptors (Lipinski definition) is 3. The Hall–Kier alpha value is -3.19. The monoisotopic (exact) mass is 445 g/mol. The number of carbonyl (C=O) groups excluding carboxylic acids is 1. The SMILES string of the molecule is Cc1cc([C@H]2[C@@H](c3ccccn3)NC(=S)N2CC(=O)Nc2ccccc2)c(C)n1C1CC1. The Morgan fingerprint density at radius 2 is 1.91 bits per heavy atom. The van der Waals surface area contributed by atoms with Crippen LogP contribution in [0.15, 0.2) is 60.8 Å². The van der Waals surface area contributed by atoms with E-state index >= 15 is 0 Å². The maximum atomic E-state index is 12.9. The largest absolute Gasteiger partial charge is 0.352 e. The zero-order chi connectivity index (χ0) is 22.2. The normalized spacial score (nSPS) is 20.3. The van der Waals surface area contributed by atoms with Crippen LogP contribution in [0.1, 0.15) is 53.6 Å². The van der Waals surface area contributed by atoms with E-state index in [1.54, 1.807) is 6.20 Å². The molecule has 2 atom stereocenters. The average molecular weight is 446 g/mol. The van der Waals surface area contributed by atoms with Gasteiger partial charge in [0.1, 0.15) is 6.54 Å². The molecule has 2 N–H and O–H groups in total. The summed E-state index contributed by atoms with van der Waals surface area (Å²) in [6, 6.07) is 18.0. The highest BCUT2D eigenvalue weighted by molar-refractivity contribution is 7.80. The van der Waals surface area contributed by atoms with Crippen molar-refractivity contribution < 1.29 is 4.79 Å². The number of thiocarbonyl (C=S) groups is 1. The summed E-state index contributed by atoms with van der Waals surface area (Å²) in [4.78, 5) is 19.6. The van der Waals surface area contributed by atoms with Gasteiger partial charge < -0.3 is 20.1 Å². The standard InChI is InChI=1S/C25H27N5OS/c1-16-14-20(17(2)30(16)19-11-12-19)24-23(21-10-6-7-13-26-21)28-25(32)29(24)15-22(31)27-18-8-4-3-5-9-18/h3-10,13-14,19,23-24H,11-12,15H2,1-2H3,(H,27,31)(H,28,32)/t23-,24+/m1/s1. The van der Waals surface area contributed by atoms with Crippen LogP contribution in [0.3, 0.4) is 0 Å². The number of para-hydroxylation sites is 1. The first-order valence-corrected chi connectivity index (χ1v) is 11.4. The minimum atomic E-state index is -0.124.